The molecular weight excluding hydrogens is 260 g/mol. The summed E-state index contributed by atoms with van der Waals surface area (Å²) in [5, 5.41) is 0. The maximum atomic E-state index is 12.9. The summed E-state index contributed by atoms with van der Waals surface area (Å²) in [5.74, 6) is 0.0853. The first-order valence-corrected chi connectivity index (χ1v) is 7.38. The summed E-state index contributed by atoms with van der Waals surface area (Å²) in [6.07, 6.45) is 1.02. The highest BCUT2D eigenvalue weighted by molar-refractivity contribution is 6.06. The molecule has 108 valence electrons. The van der Waals surface area contributed by atoms with Gasteiger partial charge in [-0.05, 0) is 44.3 Å². The molecule has 3 nitrogen and oxygen atoms in total. The summed E-state index contributed by atoms with van der Waals surface area (Å²) in [4.78, 5) is 17.2. The van der Waals surface area contributed by atoms with E-state index in [0.29, 0.717) is 0 Å². The Morgan fingerprint density at radius 3 is 2.24 bits per heavy atom. The molecule has 1 fully saturated rings. The van der Waals surface area contributed by atoms with E-state index in [1.54, 1.807) is 0 Å². The third-order valence-electron chi connectivity index (χ3n) is 4.01. The van der Waals surface area contributed by atoms with Crippen LogP contribution in [0.4, 0.5) is 5.69 Å². The number of amides is 1. The minimum absolute atomic E-state index is 0.0853. The molecule has 0 aromatic heterocycles. The van der Waals surface area contributed by atoms with Crippen LogP contribution in [0.2, 0.25) is 0 Å². The van der Waals surface area contributed by atoms with Gasteiger partial charge in [0.05, 0.1) is 6.04 Å². The molecule has 1 amide bonds. The molecule has 1 heterocycles. The van der Waals surface area contributed by atoms with Crippen LogP contribution in [0.5, 0.6) is 0 Å². The molecule has 0 N–H and O–H groups in total. The normalized spacial score (nSPS) is 18.6. The third kappa shape index (κ3) is 2.98. The van der Waals surface area contributed by atoms with Crippen molar-refractivity contribution in [3.05, 3.63) is 66.2 Å². The van der Waals surface area contributed by atoms with Crippen molar-refractivity contribution in [3.63, 3.8) is 0 Å². The average Bonchev–Trinajstić information content (AvgIpc) is 2.95. The van der Waals surface area contributed by atoms with Gasteiger partial charge in [0.15, 0.2) is 0 Å². The van der Waals surface area contributed by atoms with Gasteiger partial charge >= 0.3 is 0 Å². The molecule has 1 unspecified atom stereocenters. The molecule has 0 aliphatic carbocycles. The molecule has 0 radical (unpaired) electrons. The highest BCUT2D eigenvalue weighted by Gasteiger charge is 2.30. The van der Waals surface area contributed by atoms with Crippen LogP contribution >= 0.6 is 0 Å². The molecule has 3 heteroatoms. The number of carbonyl (C=O) groups is 1. The van der Waals surface area contributed by atoms with Crippen LogP contribution in [0.25, 0.3) is 0 Å². The largest absolute Gasteiger partial charge is 0.304 e. The van der Waals surface area contributed by atoms with Crippen LogP contribution in [-0.4, -0.2) is 37.0 Å². The van der Waals surface area contributed by atoms with Gasteiger partial charge < -0.3 is 9.80 Å². The third-order valence-corrected chi connectivity index (χ3v) is 4.01. The monoisotopic (exact) mass is 280 g/mol. The Morgan fingerprint density at radius 2 is 1.67 bits per heavy atom. The molecule has 2 aromatic carbocycles. The number of anilines is 1. The molecular formula is C18H20N2O. The van der Waals surface area contributed by atoms with Gasteiger partial charge in [-0.3, -0.25) is 4.79 Å². The lowest BCUT2D eigenvalue weighted by molar-refractivity contribution is 0.0977. The number of likely N-dealkylation sites (tertiary alicyclic amines) is 1. The maximum absolute atomic E-state index is 12.9. The van der Waals surface area contributed by atoms with Crippen molar-refractivity contribution in [2.75, 3.05) is 25.0 Å². The lowest BCUT2D eigenvalue weighted by atomic mass is 10.1. The fraction of sp³-hybridized carbons (Fsp3) is 0.278. The standard InChI is InChI=1S/C18H20N2O/c1-19-13-12-17(14-19)20(16-10-6-3-7-11-16)18(21)15-8-4-2-5-9-15/h2-11,17H,12-14H2,1H3. The zero-order valence-electron chi connectivity index (χ0n) is 12.3. The lowest BCUT2D eigenvalue weighted by Gasteiger charge is -2.29. The smallest absolute Gasteiger partial charge is 0.258 e. The predicted molar refractivity (Wildman–Crippen MR) is 85.6 cm³/mol. The molecule has 1 atom stereocenters. The highest BCUT2D eigenvalue weighted by atomic mass is 16.2. The van der Waals surface area contributed by atoms with E-state index in [4.69, 9.17) is 0 Å². The van der Waals surface area contributed by atoms with Crippen molar-refractivity contribution in [2.24, 2.45) is 0 Å². The van der Waals surface area contributed by atoms with Gasteiger partial charge in [-0.1, -0.05) is 36.4 Å². The number of hydrogen-bond donors (Lipinski definition) is 0. The Morgan fingerprint density at radius 1 is 1.05 bits per heavy atom. The number of hydrogen-bond acceptors (Lipinski definition) is 2. The second-order valence-corrected chi connectivity index (χ2v) is 5.58. The van der Waals surface area contributed by atoms with Crippen LogP contribution in [0, 0.1) is 0 Å². The van der Waals surface area contributed by atoms with Crippen LogP contribution in [-0.2, 0) is 0 Å². The fourth-order valence-electron chi connectivity index (χ4n) is 2.92. The van der Waals surface area contributed by atoms with E-state index in [9.17, 15) is 4.79 Å². The van der Waals surface area contributed by atoms with Gasteiger partial charge in [0.1, 0.15) is 0 Å². The topological polar surface area (TPSA) is 23.6 Å². The van der Waals surface area contributed by atoms with E-state index in [1.807, 2.05) is 65.6 Å². The van der Waals surface area contributed by atoms with Crippen molar-refractivity contribution >= 4 is 11.6 Å². The lowest BCUT2D eigenvalue weighted by Crippen LogP contribution is -2.42. The van der Waals surface area contributed by atoms with Crippen molar-refractivity contribution in [2.45, 2.75) is 12.5 Å². The summed E-state index contributed by atoms with van der Waals surface area (Å²) in [5.41, 5.74) is 1.72. The number of likely N-dealkylation sites (N-methyl/N-ethyl adjacent to an activating group) is 1. The Labute approximate surface area is 125 Å². The van der Waals surface area contributed by atoms with E-state index in [1.165, 1.54) is 0 Å². The van der Waals surface area contributed by atoms with Gasteiger partial charge in [-0.25, -0.2) is 0 Å². The first-order valence-electron chi connectivity index (χ1n) is 7.38. The van der Waals surface area contributed by atoms with Crippen LogP contribution < -0.4 is 4.90 Å². The van der Waals surface area contributed by atoms with Crippen molar-refractivity contribution in [1.82, 2.24) is 4.90 Å². The maximum Gasteiger partial charge on any atom is 0.258 e. The first-order chi connectivity index (χ1) is 10.3. The summed E-state index contributed by atoms with van der Waals surface area (Å²) < 4.78 is 0. The van der Waals surface area contributed by atoms with Crippen LogP contribution in [0.1, 0.15) is 16.8 Å². The predicted octanol–water partition coefficient (Wildman–Crippen LogP) is 3.04. The van der Waals surface area contributed by atoms with E-state index < -0.39 is 0 Å². The van der Waals surface area contributed by atoms with Crippen molar-refractivity contribution < 1.29 is 4.79 Å². The molecule has 21 heavy (non-hydrogen) atoms. The van der Waals surface area contributed by atoms with Gasteiger partial charge in [-0.2, -0.15) is 0 Å². The number of nitrogens with zero attached hydrogens (tertiary/aromatic N) is 2. The second kappa shape index (κ2) is 6.10. The van der Waals surface area contributed by atoms with Crippen molar-refractivity contribution in [1.29, 1.82) is 0 Å². The van der Waals surface area contributed by atoms with Gasteiger partial charge in [0.25, 0.3) is 5.91 Å². The molecule has 3 rings (SSSR count). The minimum Gasteiger partial charge on any atom is -0.304 e. The van der Waals surface area contributed by atoms with Crippen LogP contribution in [0.3, 0.4) is 0 Å². The summed E-state index contributed by atoms with van der Waals surface area (Å²) >= 11 is 0. The molecule has 2 aromatic rings. The Hall–Kier alpha value is -2.13. The highest BCUT2D eigenvalue weighted by Crippen LogP contribution is 2.24. The van der Waals surface area contributed by atoms with Crippen molar-refractivity contribution in [3.8, 4) is 0 Å². The molecule has 0 bridgehead atoms. The number of carbonyl (C=O) groups excluding carboxylic acids is 1. The average molecular weight is 280 g/mol. The SMILES string of the molecule is CN1CCC(N(C(=O)c2ccccc2)c2ccccc2)C1. The van der Waals surface area contributed by atoms with Gasteiger partial charge in [0, 0.05) is 17.8 Å². The first kappa shape index (κ1) is 13.8. The quantitative estimate of drug-likeness (QED) is 0.863. The Balaban J connectivity index is 1.95. The molecule has 1 aliphatic heterocycles. The number of rotatable bonds is 3. The van der Waals surface area contributed by atoms with Crippen LogP contribution in [0.15, 0.2) is 60.7 Å². The fourth-order valence-corrected chi connectivity index (χ4v) is 2.92. The van der Waals surface area contributed by atoms with Gasteiger partial charge in [-0.15, -0.1) is 0 Å². The summed E-state index contributed by atoms with van der Waals surface area (Å²) in [6.45, 7) is 1.96. The van der Waals surface area contributed by atoms with E-state index in [-0.39, 0.29) is 11.9 Å². The molecule has 1 aliphatic rings. The molecule has 1 saturated heterocycles. The zero-order chi connectivity index (χ0) is 14.7. The van der Waals surface area contributed by atoms with E-state index in [0.717, 1.165) is 30.8 Å². The number of para-hydroxylation sites is 1. The second-order valence-electron chi connectivity index (χ2n) is 5.58. The Kier molecular flexibility index (Phi) is 4.02. The van der Waals surface area contributed by atoms with Gasteiger partial charge in [0.2, 0.25) is 0 Å². The molecule has 0 spiro atoms. The van der Waals surface area contributed by atoms with E-state index in [2.05, 4.69) is 11.9 Å². The Bertz CT molecular complexity index is 597. The minimum atomic E-state index is 0.0853. The molecule has 0 saturated carbocycles. The van der Waals surface area contributed by atoms with E-state index >= 15 is 0 Å². The number of benzene rings is 2. The summed E-state index contributed by atoms with van der Waals surface area (Å²) in [6, 6.07) is 19.8. The zero-order valence-corrected chi connectivity index (χ0v) is 12.3. The summed E-state index contributed by atoms with van der Waals surface area (Å²) in [7, 11) is 2.11.